The molecule has 1 aromatic rings. The molecule has 7 heteroatoms. The number of hydrogen-bond donors (Lipinski definition) is 4. The van der Waals surface area contributed by atoms with Gasteiger partial charge in [-0.15, -0.1) is 0 Å². The molecule has 7 nitrogen and oxygen atoms in total. The second-order valence-electron chi connectivity index (χ2n) is 6.75. The summed E-state index contributed by atoms with van der Waals surface area (Å²) in [5.41, 5.74) is -0.396. The third kappa shape index (κ3) is 5.44. The lowest BCUT2D eigenvalue weighted by Crippen LogP contribution is -2.57. The van der Waals surface area contributed by atoms with Gasteiger partial charge in [0.1, 0.15) is 5.60 Å². The Balaban J connectivity index is 1.73. The summed E-state index contributed by atoms with van der Waals surface area (Å²) >= 11 is 0. The molecule has 0 aliphatic heterocycles. The van der Waals surface area contributed by atoms with Crippen molar-refractivity contribution >= 4 is 12.0 Å². The highest BCUT2D eigenvalue weighted by Crippen LogP contribution is 2.25. The quantitative estimate of drug-likeness (QED) is 0.564. The number of nitrogens with one attached hydrogen (secondary N) is 2. The number of carboxylic acid groups (broad SMARTS) is 1. The second-order valence-corrected chi connectivity index (χ2v) is 6.75. The Morgan fingerprint density at radius 2 is 1.92 bits per heavy atom. The molecule has 1 fully saturated rings. The van der Waals surface area contributed by atoms with Crippen LogP contribution in [0.1, 0.15) is 32.3 Å². The topological polar surface area (TPSA) is 102 Å². The number of benzene rings is 1. The normalized spacial score (nSPS) is 21.9. The van der Waals surface area contributed by atoms with Crippen molar-refractivity contribution in [2.45, 2.75) is 44.4 Å². The van der Waals surface area contributed by atoms with E-state index in [1.54, 1.807) is 6.92 Å². The molecule has 0 radical (unpaired) electrons. The number of carbonyl (C=O) groups is 2. The Kier molecular flexibility index (Phi) is 6.39. The zero-order chi connectivity index (χ0) is 18.4. The third-order valence-corrected chi connectivity index (χ3v) is 4.70. The number of aliphatic carboxylic acids is 1. The highest BCUT2D eigenvalue weighted by Gasteiger charge is 2.35. The van der Waals surface area contributed by atoms with Gasteiger partial charge in [0.25, 0.3) is 0 Å². The van der Waals surface area contributed by atoms with E-state index in [1.165, 1.54) is 0 Å². The average molecular weight is 349 g/mol. The van der Waals surface area contributed by atoms with E-state index in [1.807, 2.05) is 42.2 Å². The predicted octanol–water partition coefficient (Wildman–Crippen LogP) is 1.13. The van der Waals surface area contributed by atoms with Gasteiger partial charge in [-0.25, -0.2) is 4.79 Å². The van der Waals surface area contributed by atoms with E-state index in [4.69, 9.17) is 5.11 Å². The standard InChI is InChI=1S/C18H27N3O4/c1-3-21(11-16(22)23)15-9-14(10-15)20-17(24)19-12-18(2,25)13-7-5-4-6-8-13/h4-8,14-15,25H,3,9-12H2,1-2H3,(H,22,23)(H2,19,20,24). The van der Waals surface area contributed by atoms with E-state index < -0.39 is 11.6 Å². The molecule has 2 rings (SSSR count). The number of carbonyl (C=O) groups excluding carboxylic acids is 1. The van der Waals surface area contributed by atoms with E-state index in [2.05, 4.69) is 10.6 Å². The first-order valence-electron chi connectivity index (χ1n) is 8.60. The number of nitrogens with zero attached hydrogens (tertiary/aromatic N) is 1. The smallest absolute Gasteiger partial charge is 0.317 e. The van der Waals surface area contributed by atoms with E-state index in [0.717, 1.165) is 18.4 Å². The molecule has 0 saturated heterocycles. The van der Waals surface area contributed by atoms with Crippen LogP contribution in [0.15, 0.2) is 30.3 Å². The minimum atomic E-state index is -1.14. The number of amides is 2. The molecule has 0 bridgehead atoms. The number of carboxylic acids is 1. The lowest BCUT2D eigenvalue weighted by Gasteiger charge is -2.42. The van der Waals surface area contributed by atoms with Gasteiger partial charge in [0.05, 0.1) is 13.1 Å². The minimum Gasteiger partial charge on any atom is -0.480 e. The Morgan fingerprint density at radius 1 is 1.28 bits per heavy atom. The number of urea groups is 1. The van der Waals surface area contributed by atoms with Crippen LogP contribution in [0.2, 0.25) is 0 Å². The Hall–Kier alpha value is -2.12. The van der Waals surface area contributed by atoms with Gasteiger partial charge in [0.15, 0.2) is 0 Å². The Labute approximate surface area is 148 Å². The summed E-state index contributed by atoms with van der Waals surface area (Å²) < 4.78 is 0. The predicted molar refractivity (Wildman–Crippen MR) is 94.2 cm³/mol. The molecule has 0 heterocycles. The lowest BCUT2D eigenvalue weighted by molar-refractivity contribution is -0.139. The SMILES string of the molecule is CCN(CC(=O)O)C1CC(NC(=O)NCC(C)(O)c2ccccc2)C1. The van der Waals surface area contributed by atoms with Crippen LogP contribution in [0.3, 0.4) is 0 Å². The fraction of sp³-hybridized carbons (Fsp3) is 0.556. The van der Waals surface area contributed by atoms with Gasteiger partial charge in [-0.3, -0.25) is 9.69 Å². The van der Waals surface area contributed by atoms with Crippen molar-refractivity contribution in [2.24, 2.45) is 0 Å². The molecular formula is C18H27N3O4. The zero-order valence-corrected chi connectivity index (χ0v) is 14.7. The molecule has 138 valence electrons. The molecule has 1 aromatic carbocycles. The van der Waals surface area contributed by atoms with Crippen molar-refractivity contribution in [1.29, 1.82) is 0 Å². The fourth-order valence-electron chi connectivity index (χ4n) is 3.06. The van der Waals surface area contributed by atoms with E-state index in [-0.39, 0.29) is 31.2 Å². The molecule has 2 amide bonds. The van der Waals surface area contributed by atoms with Crippen LogP contribution in [-0.2, 0) is 10.4 Å². The average Bonchev–Trinajstić information content (AvgIpc) is 2.55. The van der Waals surface area contributed by atoms with Gasteiger partial charge in [-0.1, -0.05) is 37.3 Å². The highest BCUT2D eigenvalue weighted by molar-refractivity contribution is 5.74. The number of aliphatic hydroxyl groups is 1. The van der Waals surface area contributed by atoms with Crippen LogP contribution in [-0.4, -0.2) is 58.8 Å². The molecule has 1 aliphatic rings. The van der Waals surface area contributed by atoms with Gasteiger partial charge in [-0.05, 0) is 31.9 Å². The van der Waals surface area contributed by atoms with Crippen LogP contribution < -0.4 is 10.6 Å². The Bertz CT molecular complexity index is 585. The molecule has 1 atom stereocenters. The monoisotopic (exact) mass is 349 g/mol. The van der Waals surface area contributed by atoms with Crippen LogP contribution >= 0.6 is 0 Å². The third-order valence-electron chi connectivity index (χ3n) is 4.70. The molecule has 0 spiro atoms. The van der Waals surface area contributed by atoms with Crippen molar-refractivity contribution in [1.82, 2.24) is 15.5 Å². The number of hydrogen-bond acceptors (Lipinski definition) is 4. The molecule has 1 aliphatic carbocycles. The Morgan fingerprint density at radius 3 is 2.48 bits per heavy atom. The van der Waals surface area contributed by atoms with Crippen molar-refractivity contribution in [2.75, 3.05) is 19.6 Å². The van der Waals surface area contributed by atoms with Crippen LogP contribution in [0.4, 0.5) is 4.79 Å². The lowest BCUT2D eigenvalue weighted by atomic mass is 9.85. The van der Waals surface area contributed by atoms with Crippen LogP contribution in [0.5, 0.6) is 0 Å². The van der Waals surface area contributed by atoms with Crippen molar-refractivity contribution in [3.63, 3.8) is 0 Å². The summed E-state index contributed by atoms with van der Waals surface area (Å²) in [6.45, 7) is 4.41. The van der Waals surface area contributed by atoms with E-state index in [9.17, 15) is 14.7 Å². The summed E-state index contributed by atoms with van der Waals surface area (Å²) in [6, 6.07) is 9.10. The summed E-state index contributed by atoms with van der Waals surface area (Å²) in [6.07, 6.45) is 1.48. The molecule has 1 unspecified atom stereocenters. The first-order valence-corrected chi connectivity index (χ1v) is 8.60. The maximum atomic E-state index is 12.0. The minimum absolute atomic E-state index is 0.0278. The summed E-state index contributed by atoms with van der Waals surface area (Å²) in [5, 5.41) is 24.9. The maximum Gasteiger partial charge on any atom is 0.317 e. The molecule has 1 saturated carbocycles. The maximum absolute atomic E-state index is 12.0. The van der Waals surface area contributed by atoms with Crippen molar-refractivity contribution in [3.05, 3.63) is 35.9 Å². The number of rotatable bonds is 8. The molecule has 25 heavy (non-hydrogen) atoms. The largest absolute Gasteiger partial charge is 0.480 e. The van der Waals surface area contributed by atoms with Gasteiger partial charge in [0, 0.05) is 12.1 Å². The first kappa shape index (κ1) is 19.2. The molecule has 4 N–H and O–H groups in total. The van der Waals surface area contributed by atoms with Crippen molar-refractivity contribution in [3.8, 4) is 0 Å². The van der Waals surface area contributed by atoms with Gasteiger partial charge in [-0.2, -0.15) is 0 Å². The highest BCUT2D eigenvalue weighted by atomic mass is 16.4. The fourth-order valence-corrected chi connectivity index (χ4v) is 3.06. The van der Waals surface area contributed by atoms with Crippen LogP contribution in [0.25, 0.3) is 0 Å². The van der Waals surface area contributed by atoms with Crippen LogP contribution in [0, 0.1) is 0 Å². The second kappa shape index (κ2) is 8.31. The van der Waals surface area contributed by atoms with E-state index in [0.29, 0.717) is 6.54 Å². The summed E-state index contributed by atoms with van der Waals surface area (Å²) in [4.78, 5) is 24.7. The molecule has 0 aromatic heterocycles. The van der Waals surface area contributed by atoms with Crippen molar-refractivity contribution < 1.29 is 19.8 Å². The van der Waals surface area contributed by atoms with Gasteiger partial charge < -0.3 is 20.8 Å². The first-order chi connectivity index (χ1) is 11.8. The number of likely N-dealkylation sites (N-methyl/N-ethyl adjacent to an activating group) is 1. The van der Waals surface area contributed by atoms with Gasteiger partial charge in [0.2, 0.25) is 0 Å². The summed E-state index contributed by atoms with van der Waals surface area (Å²) in [7, 11) is 0. The molecular weight excluding hydrogens is 322 g/mol. The zero-order valence-electron chi connectivity index (χ0n) is 14.7. The van der Waals surface area contributed by atoms with E-state index >= 15 is 0 Å². The van der Waals surface area contributed by atoms with Gasteiger partial charge >= 0.3 is 12.0 Å². The summed E-state index contributed by atoms with van der Waals surface area (Å²) in [5.74, 6) is -0.834.